The Morgan fingerprint density at radius 1 is 0.974 bits per heavy atom. The molecule has 0 spiro atoms. The van der Waals surface area contributed by atoms with Crippen molar-refractivity contribution in [1.82, 2.24) is 9.99 Å². The van der Waals surface area contributed by atoms with Gasteiger partial charge in [-0.15, -0.1) is 0 Å². The number of sulfonamides is 1. The Morgan fingerprint density at radius 2 is 1.66 bits per heavy atom. The molecule has 1 amide bonds. The van der Waals surface area contributed by atoms with Gasteiger partial charge in [0.15, 0.2) is 0 Å². The van der Waals surface area contributed by atoms with Crippen molar-refractivity contribution in [3.63, 3.8) is 0 Å². The summed E-state index contributed by atoms with van der Waals surface area (Å²) in [5, 5.41) is 4.14. The van der Waals surface area contributed by atoms with Crippen LogP contribution in [0, 0.1) is 27.7 Å². The Bertz CT molecular complexity index is 1610. The number of anilines is 1. The summed E-state index contributed by atoms with van der Waals surface area (Å²) in [7, 11) is -4.00. The first kappa shape index (κ1) is 27.3. The van der Waals surface area contributed by atoms with E-state index in [-0.39, 0.29) is 4.90 Å². The predicted molar refractivity (Wildman–Crippen MR) is 156 cm³/mol. The fourth-order valence-electron chi connectivity index (χ4n) is 4.27. The fourth-order valence-corrected chi connectivity index (χ4v) is 6.23. The van der Waals surface area contributed by atoms with Gasteiger partial charge in [-0.05, 0) is 91.1 Å². The van der Waals surface area contributed by atoms with Gasteiger partial charge >= 0.3 is 0 Å². The first-order valence-corrected chi connectivity index (χ1v) is 14.2. The normalized spacial score (nSPS) is 11.6. The molecule has 0 bridgehead atoms. The van der Waals surface area contributed by atoms with Crippen LogP contribution in [0.2, 0.25) is 0 Å². The molecule has 0 aliphatic heterocycles. The molecule has 4 aromatic rings. The van der Waals surface area contributed by atoms with E-state index >= 15 is 0 Å². The number of amides is 1. The van der Waals surface area contributed by atoms with Crippen molar-refractivity contribution in [3.8, 4) is 5.69 Å². The second kappa shape index (κ2) is 11.4. The smallest absolute Gasteiger partial charge is 0.264 e. The number of hydrogen-bond donors (Lipinski definition) is 1. The van der Waals surface area contributed by atoms with Crippen LogP contribution >= 0.6 is 15.9 Å². The Hall–Kier alpha value is -3.69. The van der Waals surface area contributed by atoms with Gasteiger partial charge in [-0.2, -0.15) is 5.10 Å². The van der Waals surface area contributed by atoms with E-state index in [1.165, 1.54) is 12.1 Å². The van der Waals surface area contributed by atoms with E-state index < -0.39 is 22.5 Å². The molecule has 0 saturated carbocycles. The number of hydrazone groups is 1. The zero-order valence-electron chi connectivity index (χ0n) is 21.6. The zero-order valence-corrected chi connectivity index (χ0v) is 24.0. The molecule has 3 aromatic carbocycles. The van der Waals surface area contributed by atoms with Crippen LogP contribution in [0.15, 0.2) is 93.3 Å². The van der Waals surface area contributed by atoms with Crippen LogP contribution < -0.4 is 9.73 Å². The third-order valence-electron chi connectivity index (χ3n) is 6.21. The molecule has 1 heterocycles. The van der Waals surface area contributed by atoms with E-state index in [1.54, 1.807) is 30.5 Å². The molecule has 0 aliphatic rings. The topological polar surface area (TPSA) is 83.8 Å². The predicted octanol–water partition coefficient (Wildman–Crippen LogP) is 5.82. The molecule has 4 rings (SSSR count). The monoisotopic (exact) mass is 592 g/mol. The summed E-state index contributed by atoms with van der Waals surface area (Å²) >= 11 is 3.60. The van der Waals surface area contributed by atoms with E-state index in [0.29, 0.717) is 5.69 Å². The Kier molecular flexibility index (Phi) is 8.18. The lowest BCUT2D eigenvalue weighted by atomic mass is 10.1. The SMILES string of the molecule is Cc1ccc(C)c(N(CC(=O)N/N=C\c2cc(C)n(-c3ccccc3Br)c2C)S(=O)(=O)c2ccccc2)c1. The Morgan fingerprint density at radius 3 is 2.37 bits per heavy atom. The van der Waals surface area contributed by atoms with Gasteiger partial charge in [0, 0.05) is 21.4 Å². The maximum Gasteiger partial charge on any atom is 0.264 e. The lowest BCUT2D eigenvalue weighted by Gasteiger charge is -2.25. The number of rotatable bonds is 8. The lowest BCUT2D eigenvalue weighted by Crippen LogP contribution is -2.40. The molecule has 1 aromatic heterocycles. The highest BCUT2D eigenvalue weighted by molar-refractivity contribution is 9.10. The number of carbonyl (C=O) groups is 1. The number of nitrogens with one attached hydrogen (secondary N) is 1. The van der Waals surface area contributed by atoms with E-state index in [4.69, 9.17) is 0 Å². The number of carbonyl (C=O) groups excluding carboxylic acids is 1. The van der Waals surface area contributed by atoms with Crippen LogP contribution in [0.1, 0.15) is 28.1 Å². The van der Waals surface area contributed by atoms with Crippen molar-refractivity contribution >= 4 is 43.8 Å². The molecule has 196 valence electrons. The molecule has 0 saturated heterocycles. The highest BCUT2D eigenvalue weighted by Gasteiger charge is 2.28. The molecule has 0 aliphatic carbocycles. The number of hydrogen-bond acceptors (Lipinski definition) is 4. The first-order valence-electron chi connectivity index (χ1n) is 12.0. The van der Waals surface area contributed by atoms with Crippen LogP contribution in [0.4, 0.5) is 5.69 Å². The second-order valence-corrected chi connectivity index (χ2v) is 11.7. The summed E-state index contributed by atoms with van der Waals surface area (Å²) in [6, 6.07) is 23.5. The van der Waals surface area contributed by atoms with Crippen LogP contribution in [-0.4, -0.2) is 31.7 Å². The molecule has 0 fully saturated rings. The van der Waals surface area contributed by atoms with E-state index in [1.807, 2.05) is 70.2 Å². The third kappa shape index (κ3) is 5.74. The highest BCUT2D eigenvalue weighted by Crippen LogP contribution is 2.28. The van der Waals surface area contributed by atoms with Gasteiger partial charge in [0.2, 0.25) is 0 Å². The van der Waals surface area contributed by atoms with Crippen molar-refractivity contribution in [2.45, 2.75) is 32.6 Å². The molecule has 9 heteroatoms. The van der Waals surface area contributed by atoms with Crippen LogP contribution in [-0.2, 0) is 14.8 Å². The van der Waals surface area contributed by atoms with Crippen LogP contribution in [0.25, 0.3) is 5.69 Å². The average molecular weight is 594 g/mol. The summed E-state index contributed by atoms with van der Waals surface area (Å²) in [6.07, 6.45) is 1.57. The van der Waals surface area contributed by atoms with E-state index in [2.05, 4.69) is 31.0 Å². The quantitative estimate of drug-likeness (QED) is 0.207. The lowest BCUT2D eigenvalue weighted by molar-refractivity contribution is -0.119. The van der Waals surface area contributed by atoms with Crippen molar-refractivity contribution in [2.75, 3.05) is 10.8 Å². The molecule has 0 atom stereocenters. The molecule has 0 unspecified atom stereocenters. The maximum atomic E-state index is 13.6. The van der Waals surface area contributed by atoms with Crippen LogP contribution in [0.3, 0.4) is 0 Å². The zero-order chi connectivity index (χ0) is 27.4. The summed E-state index contributed by atoms with van der Waals surface area (Å²) in [4.78, 5) is 13.1. The number of halogens is 1. The minimum Gasteiger partial charge on any atom is -0.317 e. The molecular formula is C29H29BrN4O3S. The molecule has 38 heavy (non-hydrogen) atoms. The number of aromatic nitrogens is 1. The van der Waals surface area contributed by atoms with Crippen molar-refractivity contribution < 1.29 is 13.2 Å². The summed E-state index contributed by atoms with van der Waals surface area (Å²) < 4.78 is 31.3. The summed E-state index contributed by atoms with van der Waals surface area (Å²) in [6.45, 7) is 7.25. The van der Waals surface area contributed by atoms with Crippen molar-refractivity contribution in [2.24, 2.45) is 5.10 Å². The minimum absolute atomic E-state index is 0.108. The van der Waals surface area contributed by atoms with E-state index in [9.17, 15) is 13.2 Å². The van der Waals surface area contributed by atoms with Gasteiger partial charge in [-0.1, -0.05) is 42.5 Å². The largest absolute Gasteiger partial charge is 0.317 e. The Balaban J connectivity index is 1.58. The number of aryl methyl sites for hydroxylation is 3. The molecular weight excluding hydrogens is 564 g/mol. The molecule has 1 N–H and O–H groups in total. The fraction of sp³-hybridized carbons (Fsp3) is 0.172. The average Bonchev–Trinajstić information content (AvgIpc) is 3.17. The number of nitrogens with zero attached hydrogens (tertiary/aromatic N) is 3. The second-order valence-electron chi connectivity index (χ2n) is 9.02. The summed E-state index contributed by atoms with van der Waals surface area (Å²) in [5.74, 6) is -0.554. The maximum absolute atomic E-state index is 13.6. The minimum atomic E-state index is -4.00. The van der Waals surface area contributed by atoms with Gasteiger partial charge < -0.3 is 4.57 Å². The Labute approximate surface area is 232 Å². The standard InChI is InChI=1S/C29H29BrN4O3S/c1-20-14-15-21(2)28(16-20)33(38(36,37)25-10-6-5-7-11-25)19-29(35)32-31-18-24-17-22(3)34(23(24)4)27-13-9-8-12-26(27)30/h5-18H,19H2,1-4H3,(H,32,35)/b31-18-. The van der Waals surface area contributed by atoms with Crippen molar-refractivity contribution in [3.05, 3.63) is 111 Å². The highest BCUT2D eigenvalue weighted by atomic mass is 79.9. The van der Waals surface area contributed by atoms with E-state index in [0.717, 1.165) is 42.5 Å². The van der Waals surface area contributed by atoms with Crippen molar-refractivity contribution in [1.29, 1.82) is 0 Å². The van der Waals surface area contributed by atoms with Gasteiger partial charge in [0.1, 0.15) is 6.54 Å². The van der Waals surface area contributed by atoms with Gasteiger partial charge in [-0.3, -0.25) is 9.10 Å². The van der Waals surface area contributed by atoms with Crippen LogP contribution in [0.5, 0.6) is 0 Å². The molecule has 7 nitrogen and oxygen atoms in total. The van der Waals surface area contributed by atoms with Gasteiger partial charge in [0.25, 0.3) is 15.9 Å². The number of para-hydroxylation sites is 1. The van der Waals surface area contributed by atoms with Gasteiger partial charge in [-0.25, -0.2) is 13.8 Å². The molecule has 0 radical (unpaired) electrons. The number of benzene rings is 3. The van der Waals surface area contributed by atoms with Gasteiger partial charge in [0.05, 0.1) is 22.5 Å². The first-order chi connectivity index (χ1) is 18.1. The third-order valence-corrected chi connectivity index (χ3v) is 8.65. The summed E-state index contributed by atoms with van der Waals surface area (Å²) in [5.41, 5.74) is 8.38.